The summed E-state index contributed by atoms with van der Waals surface area (Å²) in [6.45, 7) is 5.58. The fourth-order valence-corrected chi connectivity index (χ4v) is 0.335. The molecule has 0 aromatic carbocycles. The Balaban J connectivity index is 3.26. The van der Waals surface area contributed by atoms with Crippen molar-refractivity contribution in [3.8, 4) is 0 Å². The number of halogens is 1. The van der Waals surface area contributed by atoms with E-state index >= 15 is 0 Å². The molecule has 0 saturated carbocycles. The SMILES string of the molecule is C=C(C)/C=C/CCl. The van der Waals surface area contributed by atoms with Gasteiger partial charge in [-0.15, -0.1) is 11.6 Å². The molecule has 0 bridgehead atoms. The summed E-state index contributed by atoms with van der Waals surface area (Å²) in [6.07, 6.45) is 3.76. The molecule has 0 nitrogen and oxygen atoms in total. The highest BCUT2D eigenvalue weighted by Crippen LogP contribution is 1.88. The van der Waals surface area contributed by atoms with Crippen molar-refractivity contribution in [2.24, 2.45) is 0 Å². The first-order valence-corrected chi connectivity index (χ1v) is 2.69. The third-order valence-corrected chi connectivity index (χ3v) is 0.670. The first-order chi connectivity index (χ1) is 3.27. The monoisotopic (exact) mass is 116 g/mol. The molecule has 0 amide bonds. The molecule has 0 unspecified atom stereocenters. The average Bonchev–Trinajstić information content (AvgIpc) is 1.61. The summed E-state index contributed by atoms with van der Waals surface area (Å²) in [5, 5.41) is 0. The largest absolute Gasteiger partial charge is 0.122 e. The summed E-state index contributed by atoms with van der Waals surface area (Å²) in [6, 6.07) is 0. The van der Waals surface area contributed by atoms with Gasteiger partial charge in [0.2, 0.25) is 0 Å². The lowest BCUT2D eigenvalue weighted by atomic mass is 10.3. The lowest BCUT2D eigenvalue weighted by Gasteiger charge is -1.78. The topological polar surface area (TPSA) is 0 Å². The summed E-state index contributed by atoms with van der Waals surface area (Å²) in [5.41, 5.74) is 1.04. The van der Waals surface area contributed by atoms with Crippen LogP contribution in [0.1, 0.15) is 6.92 Å². The van der Waals surface area contributed by atoms with Gasteiger partial charge in [-0.1, -0.05) is 24.3 Å². The molecule has 0 aromatic rings. The van der Waals surface area contributed by atoms with E-state index in [0.29, 0.717) is 5.88 Å². The van der Waals surface area contributed by atoms with Crippen LogP contribution in [0.25, 0.3) is 0 Å². The lowest BCUT2D eigenvalue weighted by Crippen LogP contribution is -1.61. The number of hydrogen-bond donors (Lipinski definition) is 0. The minimum absolute atomic E-state index is 0.576. The summed E-state index contributed by atoms with van der Waals surface area (Å²) in [5.74, 6) is 0.576. The Bertz CT molecular complexity index is 82.2. The Labute approximate surface area is 49.5 Å². The molecule has 0 rings (SSSR count). The van der Waals surface area contributed by atoms with E-state index in [4.69, 9.17) is 11.6 Å². The Morgan fingerprint density at radius 2 is 2.43 bits per heavy atom. The van der Waals surface area contributed by atoms with E-state index in [1.54, 1.807) is 0 Å². The Hall–Kier alpha value is -0.230. The summed E-state index contributed by atoms with van der Waals surface area (Å²) in [7, 11) is 0. The fourth-order valence-electron chi connectivity index (χ4n) is 0.246. The van der Waals surface area contributed by atoms with E-state index in [0.717, 1.165) is 5.57 Å². The molecule has 0 N–H and O–H groups in total. The van der Waals surface area contributed by atoms with Gasteiger partial charge in [-0.05, 0) is 6.92 Å². The predicted molar refractivity (Wildman–Crippen MR) is 34.7 cm³/mol. The van der Waals surface area contributed by atoms with Gasteiger partial charge < -0.3 is 0 Å². The van der Waals surface area contributed by atoms with Gasteiger partial charge in [0.05, 0.1) is 0 Å². The molecule has 0 spiro atoms. The first-order valence-electron chi connectivity index (χ1n) is 2.15. The molecule has 0 aromatic heterocycles. The van der Waals surface area contributed by atoms with E-state index in [1.807, 2.05) is 19.1 Å². The fraction of sp³-hybridized carbons (Fsp3) is 0.333. The molecule has 0 heterocycles. The Morgan fingerprint density at radius 1 is 1.86 bits per heavy atom. The Morgan fingerprint density at radius 3 is 2.57 bits per heavy atom. The van der Waals surface area contributed by atoms with Crippen LogP contribution in [0.4, 0.5) is 0 Å². The first kappa shape index (κ1) is 6.77. The van der Waals surface area contributed by atoms with Crippen molar-refractivity contribution in [1.82, 2.24) is 0 Å². The molecular formula is C6H9Cl. The maximum absolute atomic E-state index is 5.32. The zero-order chi connectivity index (χ0) is 5.70. The standard InChI is InChI=1S/C6H9Cl/c1-6(2)4-3-5-7/h3-4H,1,5H2,2H3/b4-3+. The summed E-state index contributed by atoms with van der Waals surface area (Å²) >= 11 is 5.32. The van der Waals surface area contributed by atoms with Crippen LogP contribution in [-0.4, -0.2) is 5.88 Å². The van der Waals surface area contributed by atoms with E-state index in [-0.39, 0.29) is 0 Å². The van der Waals surface area contributed by atoms with Gasteiger partial charge in [0, 0.05) is 5.88 Å². The maximum Gasteiger partial charge on any atom is 0.0407 e. The molecule has 0 atom stereocenters. The highest BCUT2D eigenvalue weighted by atomic mass is 35.5. The van der Waals surface area contributed by atoms with Crippen molar-refractivity contribution in [1.29, 1.82) is 0 Å². The van der Waals surface area contributed by atoms with Gasteiger partial charge in [-0.3, -0.25) is 0 Å². The molecule has 0 aliphatic rings. The summed E-state index contributed by atoms with van der Waals surface area (Å²) < 4.78 is 0. The normalized spacial score (nSPS) is 10.0. The van der Waals surface area contributed by atoms with Crippen LogP contribution >= 0.6 is 11.6 Å². The highest BCUT2D eigenvalue weighted by Gasteiger charge is 1.68. The van der Waals surface area contributed by atoms with Crippen LogP contribution in [0.2, 0.25) is 0 Å². The number of alkyl halides is 1. The highest BCUT2D eigenvalue weighted by molar-refractivity contribution is 6.18. The van der Waals surface area contributed by atoms with Gasteiger partial charge in [-0.2, -0.15) is 0 Å². The van der Waals surface area contributed by atoms with Gasteiger partial charge in [0.25, 0.3) is 0 Å². The van der Waals surface area contributed by atoms with Crippen LogP contribution in [-0.2, 0) is 0 Å². The zero-order valence-electron chi connectivity index (χ0n) is 4.45. The van der Waals surface area contributed by atoms with Crippen molar-refractivity contribution in [3.63, 3.8) is 0 Å². The average molecular weight is 117 g/mol. The zero-order valence-corrected chi connectivity index (χ0v) is 5.20. The van der Waals surface area contributed by atoms with Crippen molar-refractivity contribution in [2.75, 3.05) is 5.88 Å². The number of allylic oxidation sites excluding steroid dienone is 3. The second-order valence-corrected chi connectivity index (χ2v) is 1.71. The number of rotatable bonds is 2. The molecule has 0 radical (unpaired) electrons. The van der Waals surface area contributed by atoms with E-state index < -0.39 is 0 Å². The smallest absolute Gasteiger partial charge is 0.0407 e. The molecule has 40 valence electrons. The second-order valence-electron chi connectivity index (χ2n) is 1.40. The molecular weight excluding hydrogens is 108 g/mol. The lowest BCUT2D eigenvalue weighted by molar-refractivity contribution is 1.54. The minimum atomic E-state index is 0.576. The molecule has 0 aliphatic heterocycles. The molecule has 1 heteroatoms. The molecule has 0 saturated heterocycles. The van der Waals surface area contributed by atoms with Crippen molar-refractivity contribution < 1.29 is 0 Å². The Kier molecular flexibility index (Phi) is 3.81. The van der Waals surface area contributed by atoms with Gasteiger partial charge in [0.1, 0.15) is 0 Å². The van der Waals surface area contributed by atoms with Crippen LogP contribution < -0.4 is 0 Å². The third kappa shape index (κ3) is 5.77. The van der Waals surface area contributed by atoms with E-state index in [1.165, 1.54) is 0 Å². The molecule has 7 heavy (non-hydrogen) atoms. The molecule has 0 fully saturated rings. The van der Waals surface area contributed by atoms with Crippen molar-refractivity contribution in [2.45, 2.75) is 6.92 Å². The van der Waals surface area contributed by atoms with Gasteiger partial charge in [0.15, 0.2) is 0 Å². The van der Waals surface area contributed by atoms with Gasteiger partial charge >= 0.3 is 0 Å². The van der Waals surface area contributed by atoms with Gasteiger partial charge in [-0.25, -0.2) is 0 Å². The van der Waals surface area contributed by atoms with Crippen molar-refractivity contribution in [3.05, 3.63) is 24.3 Å². The minimum Gasteiger partial charge on any atom is -0.122 e. The van der Waals surface area contributed by atoms with Crippen LogP contribution in [0, 0.1) is 0 Å². The van der Waals surface area contributed by atoms with Crippen LogP contribution in [0.3, 0.4) is 0 Å². The second kappa shape index (κ2) is 3.94. The quantitative estimate of drug-likeness (QED) is 0.384. The number of hydrogen-bond acceptors (Lipinski definition) is 0. The predicted octanol–water partition coefficient (Wildman–Crippen LogP) is 2.36. The van der Waals surface area contributed by atoms with E-state index in [9.17, 15) is 0 Å². The van der Waals surface area contributed by atoms with E-state index in [2.05, 4.69) is 6.58 Å². The summed E-state index contributed by atoms with van der Waals surface area (Å²) in [4.78, 5) is 0. The van der Waals surface area contributed by atoms with Crippen molar-refractivity contribution >= 4 is 11.6 Å². The maximum atomic E-state index is 5.32. The van der Waals surface area contributed by atoms with Crippen LogP contribution in [0.5, 0.6) is 0 Å². The molecule has 0 aliphatic carbocycles. The third-order valence-electron chi connectivity index (χ3n) is 0.491. The van der Waals surface area contributed by atoms with Crippen LogP contribution in [0.15, 0.2) is 24.3 Å².